The number of rotatable bonds is 4. The van der Waals surface area contributed by atoms with E-state index in [1.807, 2.05) is 27.0 Å². The molecule has 0 amide bonds. The zero-order chi connectivity index (χ0) is 8.85. The van der Waals surface area contributed by atoms with Gasteiger partial charge in [0.1, 0.15) is 0 Å². The zero-order valence-corrected chi connectivity index (χ0v) is 7.70. The van der Waals surface area contributed by atoms with Gasteiger partial charge >= 0.3 is 0 Å². The first kappa shape index (κ1) is 10.2. The van der Waals surface area contributed by atoms with E-state index in [2.05, 4.69) is 18.5 Å². The van der Waals surface area contributed by atoms with Crippen molar-refractivity contribution >= 4 is 0 Å². The van der Waals surface area contributed by atoms with Crippen LogP contribution in [0.15, 0.2) is 36.0 Å². The second-order valence-electron chi connectivity index (χ2n) is 2.81. The Morgan fingerprint density at radius 2 is 1.91 bits per heavy atom. The molecule has 1 N–H and O–H groups in total. The van der Waals surface area contributed by atoms with Crippen molar-refractivity contribution in [2.45, 2.75) is 13.8 Å². The molecule has 0 rings (SSSR count). The molecule has 1 nitrogen and oxygen atoms in total. The van der Waals surface area contributed by atoms with E-state index in [9.17, 15) is 0 Å². The lowest BCUT2D eigenvalue weighted by atomic mass is 10.1. The van der Waals surface area contributed by atoms with Gasteiger partial charge in [-0.2, -0.15) is 0 Å². The summed E-state index contributed by atoms with van der Waals surface area (Å²) < 4.78 is 0. The molecule has 0 aliphatic rings. The fraction of sp³-hybridized carbons (Fsp3) is 0.400. The summed E-state index contributed by atoms with van der Waals surface area (Å²) in [5, 5.41) is 3.05. The molecule has 0 aromatic carbocycles. The van der Waals surface area contributed by atoms with E-state index in [0.717, 1.165) is 17.7 Å². The van der Waals surface area contributed by atoms with Gasteiger partial charge in [0.25, 0.3) is 0 Å². The summed E-state index contributed by atoms with van der Waals surface area (Å²) in [7, 11) is 1.92. The van der Waals surface area contributed by atoms with Crippen LogP contribution in [0.1, 0.15) is 13.8 Å². The van der Waals surface area contributed by atoms with Crippen LogP contribution in [0.25, 0.3) is 0 Å². The molecule has 0 saturated heterocycles. The van der Waals surface area contributed by atoms with Gasteiger partial charge in [-0.1, -0.05) is 24.8 Å². The number of allylic oxidation sites excluding steroid dienone is 2. The van der Waals surface area contributed by atoms with Crippen LogP contribution >= 0.6 is 0 Å². The Morgan fingerprint density at radius 3 is 2.27 bits per heavy atom. The summed E-state index contributed by atoms with van der Waals surface area (Å²) in [4.78, 5) is 0. The SMILES string of the molecule is C=C(C)/C=C(/C)C(=C)CNC. The fourth-order valence-electron chi connectivity index (χ4n) is 0.824. The van der Waals surface area contributed by atoms with Crippen molar-refractivity contribution in [2.24, 2.45) is 0 Å². The Hall–Kier alpha value is -0.820. The molecule has 11 heavy (non-hydrogen) atoms. The van der Waals surface area contributed by atoms with E-state index in [0.29, 0.717) is 0 Å². The van der Waals surface area contributed by atoms with Crippen molar-refractivity contribution in [3.8, 4) is 0 Å². The lowest BCUT2D eigenvalue weighted by molar-refractivity contribution is 0.887. The first-order chi connectivity index (χ1) is 5.07. The third-order valence-corrected chi connectivity index (χ3v) is 1.41. The molecule has 62 valence electrons. The summed E-state index contributed by atoms with van der Waals surface area (Å²) in [5.41, 5.74) is 3.39. The Kier molecular flexibility index (Phi) is 4.55. The van der Waals surface area contributed by atoms with Crippen molar-refractivity contribution in [3.05, 3.63) is 36.0 Å². The minimum atomic E-state index is 0.843. The maximum atomic E-state index is 3.93. The van der Waals surface area contributed by atoms with Crippen molar-refractivity contribution in [1.82, 2.24) is 5.32 Å². The maximum absolute atomic E-state index is 3.93. The van der Waals surface area contributed by atoms with E-state index in [4.69, 9.17) is 0 Å². The monoisotopic (exact) mass is 151 g/mol. The Morgan fingerprint density at radius 1 is 1.36 bits per heavy atom. The second kappa shape index (κ2) is 4.91. The number of likely N-dealkylation sites (N-methyl/N-ethyl adjacent to an activating group) is 1. The van der Waals surface area contributed by atoms with Crippen LogP contribution in [-0.4, -0.2) is 13.6 Å². The molecule has 0 radical (unpaired) electrons. The van der Waals surface area contributed by atoms with Gasteiger partial charge in [0.05, 0.1) is 0 Å². The highest BCUT2D eigenvalue weighted by atomic mass is 14.8. The number of hydrogen-bond acceptors (Lipinski definition) is 1. The average Bonchev–Trinajstić information content (AvgIpc) is 1.86. The van der Waals surface area contributed by atoms with Crippen LogP contribution in [-0.2, 0) is 0 Å². The first-order valence-corrected chi connectivity index (χ1v) is 3.74. The average molecular weight is 151 g/mol. The normalized spacial score (nSPS) is 11.4. The predicted molar refractivity (Wildman–Crippen MR) is 51.6 cm³/mol. The third kappa shape index (κ3) is 4.57. The van der Waals surface area contributed by atoms with Gasteiger partial charge in [0.15, 0.2) is 0 Å². The van der Waals surface area contributed by atoms with Crippen molar-refractivity contribution in [2.75, 3.05) is 13.6 Å². The largest absolute Gasteiger partial charge is 0.316 e. The summed E-state index contributed by atoms with van der Waals surface area (Å²) in [5.74, 6) is 0. The van der Waals surface area contributed by atoms with Crippen molar-refractivity contribution in [3.63, 3.8) is 0 Å². The third-order valence-electron chi connectivity index (χ3n) is 1.41. The molecule has 0 aromatic rings. The highest BCUT2D eigenvalue weighted by Crippen LogP contribution is 2.07. The summed E-state index contributed by atoms with van der Waals surface area (Å²) >= 11 is 0. The minimum absolute atomic E-state index is 0.843. The summed E-state index contributed by atoms with van der Waals surface area (Å²) in [6.07, 6.45) is 2.04. The van der Waals surface area contributed by atoms with E-state index in [1.54, 1.807) is 0 Å². The topological polar surface area (TPSA) is 12.0 Å². The molecule has 0 aliphatic carbocycles. The highest BCUT2D eigenvalue weighted by Gasteiger charge is 1.93. The molecule has 0 fully saturated rings. The summed E-state index contributed by atoms with van der Waals surface area (Å²) in [6.45, 7) is 12.6. The molecule has 0 saturated carbocycles. The molecule has 0 aliphatic heterocycles. The molecule has 0 heterocycles. The quantitative estimate of drug-likeness (QED) is 0.608. The van der Waals surface area contributed by atoms with Gasteiger partial charge in [0, 0.05) is 6.54 Å². The van der Waals surface area contributed by atoms with Gasteiger partial charge < -0.3 is 5.32 Å². The maximum Gasteiger partial charge on any atom is 0.0199 e. The smallest absolute Gasteiger partial charge is 0.0199 e. The molecule has 0 atom stereocenters. The van der Waals surface area contributed by atoms with Crippen LogP contribution in [0.2, 0.25) is 0 Å². The molecule has 1 heteroatoms. The van der Waals surface area contributed by atoms with E-state index in [-0.39, 0.29) is 0 Å². The lowest BCUT2D eigenvalue weighted by Gasteiger charge is -2.04. The summed E-state index contributed by atoms with van der Waals surface area (Å²) in [6, 6.07) is 0. The Labute approximate surface area is 69.5 Å². The Bertz CT molecular complexity index is 187. The lowest BCUT2D eigenvalue weighted by Crippen LogP contribution is -2.10. The highest BCUT2D eigenvalue weighted by molar-refractivity contribution is 5.32. The van der Waals surface area contributed by atoms with E-state index in [1.165, 1.54) is 5.57 Å². The molecular formula is C10H17N. The molecule has 0 aromatic heterocycles. The van der Waals surface area contributed by atoms with Crippen LogP contribution in [0.4, 0.5) is 0 Å². The first-order valence-electron chi connectivity index (χ1n) is 3.74. The van der Waals surface area contributed by atoms with Gasteiger partial charge in [0.2, 0.25) is 0 Å². The van der Waals surface area contributed by atoms with Crippen LogP contribution < -0.4 is 5.32 Å². The minimum Gasteiger partial charge on any atom is -0.316 e. The van der Waals surface area contributed by atoms with Crippen LogP contribution in [0, 0.1) is 0 Å². The number of nitrogens with one attached hydrogen (secondary N) is 1. The van der Waals surface area contributed by atoms with Gasteiger partial charge in [-0.3, -0.25) is 0 Å². The van der Waals surface area contributed by atoms with Gasteiger partial charge in [-0.05, 0) is 32.0 Å². The predicted octanol–water partition coefficient (Wildman–Crippen LogP) is 2.28. The number of hydrogen-bond donors (Lipinski definition) is 1. The fourth-order valence-corrected chi connectivity index (χ4v) is 0.824. The van der Waals surface area contributed by atoms with E-state index >= 15 is 0 Å². The van der Waals surface area contributed by atoms with Crippen molar-refractivity contribution < 1.29 is 0 Å². The van der Waals surface area contributed by atoms with Gasteiger partial charge in [-0.15, -0.1) is 0 Å². The molecular weight excluding hydrogens is 134 g/mol. The van der Waals surface area contributed by atoms with E-state index < -0.39 is 0 Å². The zero-order valence-electron chi connectivity index (χ0n) is 7.70. The van der Waals surface area contributed by atoms with Crippen LogP contribution in [0.5, 0.6) is 0 Å². The van der Waals surface area contributed by atoms with Crippen molar-refractivity contribution in [1.29, 1.82) is 0 Å². The molecule has 0 spiro atoms. The Balaban J connectivity index is 4.12. The van der Waals surface area contributed by atoms with Crippen LogP contribution in [0.3, 0.4) is 0 Å². The molecule has 0 bridgehead atoms. The standard InChI is InChI=1S/C10H17N/c1-8(2)6-9(3)10(4)7-11-5/h6,11H,1,4,7H2,2-3,5H3/b9-6-. The second-order valence-corrected chi connectivity index (χ2v) is 2.81. The molecule has 0 unspecified atom stereocenters. The van der Waals surface area contributed by atoms with Gasteiger partial charge in [-0.25, -0.2) is 0 Å².